The van der Waals surface area contributed by atoms with Gasteiger partial charge in [-0.1, -0.05) is 30.0 Å². The molecule has 2 aromatic rings. The summed E-state index contributed by atoms with van der Waals surface area (Å²) in [6.07, 6.45) is 3.81. The third kappa shape index (κ3) is 6.21. The number of thioether (sulfide) groups is 1. The van der Waals surface area contributed by atoms with Gasteiger partial charge in [0.1, 0.15) is 0 Å². The van der Waals surface area contributed by atoms with Gasteiger partial charge in [-0.05, 0) is 30.7 Å². The van der Waals surface area contributed by atoms with Crippen LogP contribution in [0.25, 0.3) is 6.08 Å². The summed E-state index contributed by atoms with van der Waals surface area (Å²) in [4.78, 5) is 41.1. The van der Waals surface area contributed by atoms with Crippen molar-refractivity contribution in [2.75, 3.05) is 5.75 Å². The van der Waals surface area contributed by atoms with Gasteiger partial charge in [0.25, 0.3) is 5.56 Å². The molecule has 0 unspecified atom stereocenters. The van der Waals surface area contributed by atoms with Crippen molar-refractivity contribution in [1.29, 1.82) is 0 Å². The Morgan fingerprint density at radius 1 is 1.31 bits per heavy atom. The van der Waals surface area contributed by atoms with Crippen molar-refractivity contribution in [2.24, 2.45) is 0 Å². The number of carboxylic acids is 1. The first kappa shape index (κ1) is 19.5. The van der Waals surface area contributed by atoms with Gasteiger partial charge in [-0.25, -0.2) is 9.78 Å². The molecule has 0 saturated carbocycles. The number of allylic oxidation sites excluding steroid dienone is 1. The number of rotatable bonds is 8. The Kier molecular flexibility index (Phi) is 7.16. The zero-order valence-electron chi connectivity index (χ0n) is 14.2. The van der Waals surface area contributed by atoms with Crippen molar-refractivity contribution < 1.29 is 14.7 Å². The normalized spacial score (nSPS) is 10.8. The number of aromatic carboxylic acids is 1. The summed E-state index contributed by atoms with van der Waals surface area (Å²) in [5.41, 5.74) is 1.37. The smallest absolute Gasteiger partial charge is 0.335 e. The first-order valence-electron chi connectivity index (χ1n) is 7.93. The highest BCUT2D eigenvalue weighted by atomic mass is 32.2. The van der Waals surface area contributed by atoms with Gasteiger partial charge in [0.2, 0.25) is 5.91 Å². The van der Waals surface area contributed by atoms with E-state index in [0.29, 0.717) is 23.1 Å². The quantitative estimate of drug-likeness (QED) is 0.483. The molecule has 0 atom stereocenters. The van der Waals surface area contributed by atoms with Crippen molar-refractivity contribution in [1.82, 2.24) is 15.3 Å². The predicted molar refractivity (Wildman–Crippen MR) is 100 cm³/mol. The maximum Gasteiger partial charge on any atom is 0.335 e. The first-order valence-corrected chi connectivity index (χ1v) is 8.92. The lowest BCUT2D eigenvalue weighted by molar-refractivity contribution is -0.120. The molecule has 0 aliphatic carbocycles. The number of nitrogens with one attached hydrogen (secondary N) is 2. The molecule has 1 aromatic heterocycles. The van der Waals surface area contributed by atoms with Gasteiger partial charge in [0, 0.05) is 24.8 Å². The van der Waals surface area contributed by atoms with Crippen LogP contribution < -0.4 is 10.9 Å². The lowest BCUT2D eigenvalue weighted by Gasteiger charge is -2.06. The lowest BCUT2D eigenvalue weighted by Crippen LogP contribution is -2.23. The van der Waals surface area contributed by atoms with Crippen LogP contribution in [0.5, 0.6) is 0 Å². The molecule has 0 fully saturated rings. The van der Waals surface area contributed by atoms with E-state index < -0.39 is 5.97 Å². The second-order valence-electron chi connectivity index (χ2n) is 5.35. The van der Waals surface area contributed by atoms with Crippen LogP contribution in [0.4, 0.5) is 0 Å². The number of carbonyl (C=O) groups excluding carboxylic acids is 1. The zero-order chi connectivity index (χ0) is 18.9. The largest absolute Gasteiger partial charge is 0.478 e. The molecule has 3 N–H and O–H groups in total. The van der Waals surface area contributed by atoms with Gasteiger partial charge in [-0.15, -0.1) is 0 Å². The highest BCUT2D eigenvalue weighted by molar-refractivity contribution is 7.99. The summed E-state index contributed by atoms with van der Waals surface area (Å²) < 4.78 is 0. The third-order valence-electron chi connectivity index (χ3n) is 3.34. The van der Waals surface area contributed by atoms with E-state index >= 15 is 0 Å². The van der Waals surface area contributed by atoms with E-state index in [1.807, 2.05) is 6.92 Å². The molecular formula is C18H19N3O4S. The fourth-order valence-electron chi connectivity index (χ4n) is 2.07. The van der Waals surface area contributed by atoms with E-state index in [1.165, 1.54) is 30.0 Å². The molecule has 136 valence electrons. The summed E-state index contributed by atoms with van der Waals surface area (Å²) in [5.74, 6) is -0.638. The van der Waals surface area contributed by atoms with Gasteiger partial charge in [-0.2, -0.15) is 0 Å². The van der Waals surface area contributed by atoms with Crippen LogP contribution in [-0.2, 0) is 11.3 Å². The van der Waals surface area contributed by atoms with Crippen LogP contribution >= 0.6 is 11.8 Å². The predicted octanol–water partition coefficient (Wildman–Crippen LogP) is 2.30. The highest BCUT2D eigenvalue weighted by Gasteiger charge is 2.06. The minimum absolute atomic E-state index is 0.133. The van der Waals surface area contributed by atoms with Crippen molar-refractivity contribution in [3.63, 3.8) is 0 Å². The number of aromatic nitrogens is 2. The fraction of sp³-hybridized carbons (Fsp3) is 0.222. The van der Waals surface area contributed by atoms with Crippen molar-refractivity contribution in [3.8, 4) is 0 Å². The summed E-state index contributed by atoms with van der Waals surface area (Å²) in [6.45, 7) is 2.17. The number of aromatic amines is 1. The number of carbonyl (C=O) groups is 2. The van der Waals surface area contributed by atoms with Crippen molar-refractivity contribution in [2.45, 2.75) is 25.0 Å². The van der Waals surface area contributed by atoms with E-state index in [2.05, 4.69) is 15.3 Å². The van der Waals surface area contributed by atoms with Gasteiger partial charge in [0.15, 0.2) is 5.16 Å². The van der Waals surface area contributed by atoms with Crippen LogP contribution in [-0.4, -0.2) is 32.7 Å². The molecule has 1 heterocycles. The Bertz CT molecular complexity index is 859. The Hall–Kier alpha value is -2.87. The summed E-state index contributed by atoms with van der Waals surface area (Å²) >= 11 is 1.30. The minimum Gasteiger partial charge on any atom is -0.478 e. The summed E-state index contributed by atoms with van der Waals surface area (Å²) in [7, 11) is 0. The summed E-state index contributed by atoms with van der Waals surface area (Å²) in [5, 5.41) is 12.1. The van der Waals surface area contributed by atoms with Crippen LogP contribution in [0.15, 0.2) is 46.4 Å². The van der Waals surface area contributed by atoms with E-state index in [9.17, 15) is 14.4 Å². The van der Waals surface area contributed by atoms with E-state index in [0.717, 1.165) is 5.56 Å². The van der Waals surface area contributed by atoms with Gasteiger partial charge in [-0.3, -0.25) is 9.59 Å². The van der Waals surface area contributed by atoms with Crippen LogP contribution in [0.2, 0.25) is 0 Å². The molecule has 0 aliphatic rings. The molecule has 26 heavy (non-hydrogen) atoms. The second-order valence-corrected chi connectivity index (χ2v) is 6.44. The number of nitrogens with zero attached hydrogens (tertiary/aromatic N) is 1. The maximum atomic E-state index is 11.9. The van der Waals surface area contributed by atoms with Crippen molar-refractivity contribution >= 4 is 29.7 Å². The maximum absolute atomic E-state index is 11.9. The Labute approximate surface area is 154 Å². The number of amides is 1. The molecule has 0 bridgehead atoms. The molecular weight excluding hydrogens is 354 g/mol. The molecule has 0 spiro atoms. The number of benzene rings is 1. The van der Waals surface area contributed by atoms with E-state index in [1.54, 1.807) is 24.3 Å². The molecule has 0 saturated heterocycles. The molecule has 1 aromatic carbocycles. The van der Waals surface area contributed by atoms with Gasteiger partial charge in [0.05, 0.1) is 11.3 Å². The monoisotopic (exact) mass is 373 g/mol. The highest BCUT2D eigenvalue weighted by Crippen LogP contribution is 2.13. The molecule has 7 nitrogen and oxygen atoms in total. The lowest BCUT2D eigenvalue weighted by atomic mass is 10.1. The SMILES string of the molecule is C/C=C/c1cc(=O)[nH]c(SCCC(=O)NCc2ccc(C(=O)O)cc2)n1. The minimum atomic E-state index is -0.984. The molecule has 2 rings (SSSR count). The Balaban J connectivity index is 1.78. The van der Waals surface area contributed by atoms with Crippen LogP contribution in [0, 0.1) is 0 Å². The molecule has 0 radical (unpaired) electrons. The summed E-state index contributed by atoms with van der Waals surface area (Å²) in [6, 6.07) is 7.74. The number of carboxylic acid groups (broad SMARTS) is 1. The number of hydrogen-bond donors (Lipinski definition) is 3. The topological polar surface area (TPSA) is 112 Å². The average molecular weight is 373 g/mol. The first-order chi connectivity index (χ1) is 12.5. The molecule has 1 amide bonds. The number of H-pyrrole nitrogens is 1. The Morgan fingerprint density at radius 3 is 2.69 bits per heavy atom. The fourth-order valence-corrected chi connectivity index (χ4v) is 2.90. The molecule has 8 heteroatoms. The second kappa shape index (κ2) is 9.57. The average Bonchev–Trinajstić information content (AvgIpc) is 2.60. The van der Waals surface area contributed by atoms with Crippen LogP contribution in [0.3, 0.4) is 0 Å². The van der Waals surface area contributed by atoms with Gasteiger partial charge < -0.3 is 15.4 Å². The standard InChI is InChI=1S/C18H19N3O4S/c1-2-3-14-10-16(23)21-18(20-14)26-9-8-15(22)19-11-12-4-6-13(7-5-12)17(24)25/h2-7,10H,8-9,11H2,1H3,(H,19,22)(H,24,25)(H,20,21,23)/b3-2+. The third-order valence-corrected chi connectivity index (χ3v) is 4.21. The molecule has 0 aliphatic heterocycles. The van der Waals surface area contributed by atoms with Crippen LogP contribution in [0.1, 0.15) is 35.0 Å². The van der Waals surface area contributed by atoms with E-state index in [-0.39, 0.29) is 23.5 Å². The number of hydrogen-bond acceptors (Lipinski definition) is 5. The Morgan fingerprint density at radius 2 is 2.04 bits per heavy atom. The zero-order valence-corrected chi connectivity index (χ0v) is 15.0. The van der Waals surface area contributed by atoms with E-state index in [4.69, 9.17) is 5.11 Å². The van der Waals surface area contributed by atoms with Crippen molar-refractivity contribution in [3.05, 3.63) is 63.6 Å². The van der Waals surface area contributed by atoms with Gasteiger partial charge >= 0.3 is 5.97 Å².